The first kappa shape index (κ1) is 24.7. The number of aryl methyl sites for hydroxylation is 1. The van der Waals surface area contributed by atoms with Crippen molar-refractivity contribution in [3.63, 3.8) is 0 Å². The first-order valence-electron chi connectivity index (χ1n) is 9.83. The number of hydrogen-bond donors (Lipinski definition) is 1. The van der Waals surface area contributed by atoms with Crippen LogP contribution in [0.1, 0.15) is 22.5 Å². The van der Waals surface area contributed by atoms with E-state index >= 15 is 0 Å². The summed E-state index contributed by atoms with van der Waals surface area (Å²) in [5.41, 5.74) is 4.00. The minimum atomic E-state index is -0.0740. The van der Waals surface area contributed by atoms with Crippen molar-refractivity contribution in [3.8, 4) is 0 Å². The topological polar surface area (TPSA) is 61.6 Å². The zero-order valence-electron chi connectivity index (χ0n) is 17.9. The molecule has 6 nitrogen and oxygen atoms in total. The molecular formula is C23H28Cl2N4O2. The number of aromatic nitrogens is 1. The fraction of sp³-hybridized carbons (Fsp3) is 0.304. The maximum Gasteiger partial charge on any atom is 0.246 e. The molecule has 166 valence electrons. The number of pyridine rings is 1. The summed E-state index contributed by atoms with van der Waals surface area (Å²) in [6.07, 6.45) is 5.21. The molecule has 0 fully saturated rings. The number of rotatable bonds is 4. The smallest absolute Gasteiger partial charge is 0.246 e. The number of para-hydroxylation sites is 1. The largest absolute Gasteiger partial charge is 0.459 e. The molecule has 4 rings (SSSR count). The van der Waals surface area contributed by atoms with Crippen molar-refractivity contribution in [2.75, 3.05) is 32.5 Å². The highest BCUT2D eigenvalue weighted by atomic mass is 35.5. The zero-order valence-corrected chi connectivity index (χ0v) is 19.6. The maximum atomic E-state index is 12.6. The van der Waals surface area contributed by atoms with E-state index in [0.717, 1.165) is 58.9 Å². The number of carbonyl (C=O) groups excluding carboxylic acids is 1. The first-order chi connectivity index (χ1) is 14.0. The minimum absolute atomic E-state index is 0. The number of fused-ring (bicyclic) bond motifs is 2. The van der Waals surface area contributed by atoms with Gasteiger partial charge in [-0.15, -0.1) is 24.8 Å². The highest BCUT2D eigenvalue weighted by Gasteiger charge is 2.15. The number of hydrogen-bond acceptors (Lipinski definition) is 5. The fourth-order valence-electron chi connectivity index (χ4n) is 3.60. The second-order valence-corrected chi connectivity index (χ2v) is 7.61. The summed E-state index contributed by atoms with van der Waals surface area (Å²) < 4.78 is 5.93. The van der Waals surface area contributed by atoms with Crippen LogP contribution in [0, 0.1) is 6.92 Å². The van der Waals surface area contributed by atoms with Crippen LogP contribution in [-0.4, -0.2) is 47.9 Å². The lowest BCUT2D eigenvalue weighted by Gasteiger charge is -2.14. The van der Waals surface area contributed by atoms with Crippen molar-refractivity contribution < 1.29 is 9.21 Å². The Balaban J connectivity index is 0.00000171. The van der Waals surface area contributed by atoms with Gasteiger partial charge in [0.1, 0.15) is 17.2 Å². The van der Waals surface area contributed by atoms with E-state index < -0.39 is 0 Å². The van der Waals surface area contributed by atoms with Crippen LogP contribution < -0.4 is 5.32 Å². The monoisotopic (exact) mass is 462 g/mol. The Kier molecular flexibility index (Phi) is 8.51. The number of likely N-dealkylation sites (N-methyl/N-ethyl adjacent to an activating group) is 2. The van der Waals surface area contributed by atoms with Crippen LogP contribution in [0.25, 0.3) is 17.0 Å². The van der Waals surface area contributed by atoms with E-state index in [4.69, 9.17) is 4.42 Å². The summed E-state index contributed by atoms with van der Waals surface area (Å²) in [6, 6.07) is 10.0. The van der Waals surface area contributed by atoms with Crippen LogP contribution in [0.5, 0.6) is 0 Å². The molecule has 0 aliphatic carbocycles. The average Bonchev–Trinajstić information content (AvgIpc) is 2.90. The molecule has 0 saturated heterocycles. The lowest BCUT2D eigenvalue weighted by Crippen LogP contribution is -2.24. The van der Waals surface area contributed by atoms with Gasteiger partial charge in [-0.05, 0) is 37.7 Å². The normalized spacial score (nSPS) is 13.6. The summed E-state index contributed by atoms with van der Waals surface area (Å²) in [5.74, 6) is 1.67. The predicted octanol–water partition coefficient (Wildman–Crippen LogP) is 4.51. The van der Waals surface area contributed by atoms with Crippen LogP contribution in [-0.2, 0) is 17.9 Å². The van der Waals surface area contributed by atoms with Gasteiger partial charge in [0, 0.05) is 55.5 Å². The lowest BCUT2D eigenvalue weighted by atomic mass is 10.1. The summed E-state index contributed by atoms with van der Waals surface area (Å²) in [5, 5.41) is 4.44. The van der Waals surface area contributed by atoms with Gasteiger partial charge in [-0.1, -0.05) is 18.2 Å². The number of anilines is 1. The molecule has 3 heterocycles. The lowest BCUT2D eigenvalue weighted by molar-refractivity contribution is -0.125. The van der Waals surface area contributed by atoms with Crippen molar-refractivity contribution in [3.05, 3.63) is 65.1 Å². The van der Waals surface area contributed by atoms with Gasteiger partial charge >= 0.3 is 0 Å². The molecule has 8 heteroatoms. The highest BCUT2D eigenvalue weighted by Crippen LogP contribution is 2.26. The third-order valence-electron chi connectivity index (χ3n) is 5.33. The molecule has 1 aliphatic rings. The predicted molar refractivity (Wildman–Crippen MR) is 130 cm³/mol. The van der Waals surface area contributed by atoms with E-state index in [0.29, 0.717) is 6.54 Å². The van der Waals surface area contributed by atoms with Gasteiger partial charge in [0.05, 0.1) is 6.54 Å². The Morgan fingerprint density at radius 2 is 2.10 bits per heavy atom. The number of nitrogens with one attached hydrogen (secondary N) is 1. The maximum absolute atomic E-state index is 12.6. The molecule has 1 N–H and O–H groups in total. The molecule has 0 radical (unpaired) electrons. The minimum Gasteiger partial charge on any atom is -0.459 e. The van der Waals surface area contributed by atoms with Crippen molar-refractivity contribution >= 4 is 53.6 Å². The van der Waals surface area contributed by atoms with Gasteiger partial charge in [0.15, 0.2) is 0 Å². The fourth-order valence-corrected chi connectivity index (χ4v) is 3.60. The molecule has 2 aromatic heterocycles. The number of benzene rings is 1. The summed E-state index contributed by atoms with van der Waals surface area (Å²) in [4.78, 5) is 21.0. The molecule has 0 unspecified atom stereocenters. The van der Waals surface area contributed by atoms with Crippen molar-refractivity contribution in [1.82, 2.24) is 14.8 Å². The second kappa shape index (κ2) is 10.7. The Labute approximate surface area is 195 Å². The molecule has 0 saturated carbocycles. The van der Waals surface area contributed by atoms with Crippen LogP contribution in [0.4, 0.5) is 5.82 Å². The van der Waals surface area contributed by atoms with Gasteiger partial charge in [-0.3, -0.25) is 4.79 Å². The summed E-state index contributed by atoms with van der Waals surface area (Å²) in [7, 11) is 3.88. The molecule has 1 amide bonds. The molecular weight excluding hydrogens is 435 g/mol. The van der Waals surface area contributed by atoms with Crippen molar-refractivity contribution in [2.24, 2.45) is 0 Å². The van der Waals surface area contributed by atoms with E-state index in [9.17, 15) is 4.79 Å². The number of nitrogens with zero attached hydrogens (tertiary/aromatic N) is 3. The highest BCUT2D eigenvalue weighted by molar-refractivity contribution is 5.91. The summed E-state index contributed by atoms with van der Waals surface area (Å²) in [6.45, 7) is 5.17. The van der Waals surface area contributed by atoms with E-state index in [1.165, 1.54) is 0 Å². The quantitative estimate of drug-likeness (QED) is 0.577. The SMILES string of the molecule is Cc1c(CN(C)C(=O)/C=C/c2cnc3c(c2)CN(C)CCN3)oc2ccccc12.Cl.Cl. The first-order valence-corrected chi connectivity index (χ1v) is 9.83. The molecule has 1 aliphatic heterocycles. The van der Waals surface area contributed by atoms with Crippen molar-refractivity contribution in [2.45, 2.75) is 20.0 Å². The van der Waals surface area contributed by atoms with Gasteiger partial charge in [-0.2, -0.15) is 0 Å². The molecule has 3 aromatic rings. The number of furan rings is 1. The van der Waals surface area contributed by atoms with Crippen LogP contribution in [0.15, 0.2) is 47.0 Å². The standard InChI is InChI=1S/C23H26N4O2.2ClH/c1-16-19-6-4-5-7-20(19)29-21(16)15-27(3)22(28)9-8-17-12-18-14-26(2)11-10-24-23(18)25-13-17;;/h4-9,12-13H,10-11,14-15H2,1-3H3,(H,24,25);2*1H/b9-8+;;. The van der Waals surface area contributed by atoms with E-state index in [1.54, 1.807) is 24.2 Å². The number of halogens is 2. The average molecular weight is 463 g/mol. The summed E-state index contributed by atoms with van der Waals surface area (Å²) >= 11 is 0. The molecule has 0 spiro atoms. The van der Waals surface area contributed by atoms with E-state index in [2.05, 4.69) is 28.3 Å². The molecule has 0 bridgehead atoms. The van der Waals surface area contributed by atoms with Crippen LogP contribution in [0.3, 0.4) is 0 Å². The van der Waals surface area contributed by atoms with Gasteiger partial charge in [0.25, 0.3) is 0 Å². The Morgan fingerprint density at radius 3 is 2.87 bits per heavy atom. The number of carbonyl (C=O) groups is 1. The molecule has 0 atom stereocenters. The van der Waals surface area contributed by atoms with E-state index in [1.807, 2.05) is 37.3 Å². The number of amides is 1. The van der Waals surface area contributed by atoms with Crippen LogP contribution >= 0.6 is 24.8 Å². The molecule has 31 heavy (non-hydrogen) atoms. The van der Waals surface area contributed by atoms with Crippen molar-refractivity contribution in [1.29, 1.82) is 0 Å². The van der Waals surface area contributed by atoms with Gasteiger partial charge < -0.3 is 19.5 Å². The van der Waals surface area contributed by atoms with E-state index in [-0.39, 0.29) is 30.7 Å². The second-order valence-electron chi connectivity index (χ2n) is 7.61. The Morgan fingerprint density at radius 1 is 1.32 bits per heavy atom. The Bertz CT molecular complexity index is 1080. The third-order valence-corrected chi connectivity index (χ3v) is 5.33. The zero-order chi connectivity index (χ0) is 20.4. The Hall–Kier alpha value is -2.54. The van der Waals surface area contributed by atoms with Crippen LogP contribution in [0.2, 0.25) is 0 Å². The third kappa shape index (κ3) is 5.58. The molecule has 1 aromatic carbocycles. The van der Waals surface area contributed by atoms with Gasteiger partial charge in [0.2, 0.25) is 5.91 Å². The van der Waals surface area contributed by atoms with Gasteiger partial charge in [-0.25, -0.2) is 4.98 Å².